The van der Waals surface area contributed by atoms with Gasteiger partial charge in [-0.2, -0.15) is 4.57 Å². The summed E-state index contributed by atoms with van der Waals surface area (Å²) in [6, 6.07) is 8.20. The first-order chi connectivity index (χ1) is 17.1. The summed E-state index contributed by atoms with van der Waals surface area (Å²) in [7, 11) is 0. The van der Waals surface area contributed by atoms with Crippen molar-refractivity contribution in [2.75, 3.05) is 13.6 Å². The van der Waals surface area contributed by atoms with E-state index in [2.05, 4.69) is 43.2 Å². The molecule has 0 aliphatic carbocycles. The Morgan fingerprint density at radius 2 is 1.77 bits per heavy atom. The Balaban J connectivity index is 1.56. The summed E-state index contributed by atoms with van der Waals surface area (Å²) >= 11 is 0. The van der Waals surface area contributed by atoms with E-state index in [9.17, 15) is 4.79 Å². The Labute approximate surface area is 205 Å². The van der Waals surface area contributed by atoms with E-state index >= 15 is 0 Å². The van der Waals surface area contributed by atoms with E-state index in [1.54, 1.807) is 0 Å². The number of aryl methyl sites for hydroxylation is 2. The molecule has 4 heterocycles. The molecule has 0 atom stereocenters. The summed E-state index contributed by atoms with van der Waals surface area (Å²) in [4.78, 5) is 13.4. The fourth-order valence-corrected chi connectivity index (χ4v) is 5.62. The van der Waals surface area contributed by atoms with Crippen molar-refractivity contribution in [2.24, 2.45) is 0 Å². The van der Waals surface area contributed by atoms with Gasteiger partial charge in [-0.1, -0.05) is 32.8 Å². The number of hydrogen-bond donors (Lipinski definition) is 0. The first kappa shape index (κ1) is 22.0. The van der Waals surface area contributed by atoms with E-state index in [0.29, 0.717) is 23.5 Å². The molecule has 6 rings (SSSR count). The first-order valence-corrected chi connectivity index (χ1v) is 12.5. The van der Waals surface area contributed by atoms with Gasteiger partial charge in [-0.15, -0.1) is 0 Å². The molecule has 6 nitrogen and oxygen atoms in total. The predicted molar refractivity (Wildman–Crippen MR) is 133 cm³/mol. The number of unbranched alkanes of at least 4 members (excludes halogenated alkanes) is 3. The molecule has 3 aliphatic heterocycles. The third-order valence-electron chi connectivity index (χ3n) is 7.41. The molecule has 180 valence electrons. The van der Waals surface area contributed by atoms with Gasteiger partial charge in [0.05, 0.1) is 11.1 Å². The van der Waals surface area contributed by atoms with Gasteiger partial charge in [-0.05, 0) is 43.2 Å². The molecule has 0 spiro atoms. The van der Waals surface area contributed by atoms with Gasteiger partial charge in [0.25, 0.3) is 0 Å². The average Bonchev–Trinajstić information content (AvgIpc) is 3.53. The standard InChI is InChI=1S/C29H30NO5/c1-4-5-6-7-8-22(31)18(3)28-26-20(9-10-23-29(26)35-16-32-23)17(2)27-21-14-25-24(33-15-34-25)13-19(21)11-12-30(27)28/h9-10,13-14H,3-8,11-12,15-16H2,1-2H3/q+1. The van der Waals surface area contributed by atoms with Gasteiger partial charge in [0, 0.05) is 23.8 Å². The Bertz CT molecular complexity index is 1390. The normalized spacial score (nSPS) is 14.7. The van der Waals surface area contributed by atoms with E-state index < -0.39 is 0 Å². The van der Waals surface area contributed by atoms with Crippen molar-refractivity contribution in [3.05, 3.63) is 47.7 Å². The van der Waals surface area contributed by atoms with Crippen LogP contribution in [0, 0.1) is 6.92 Å². The van der Waals surface area contributed by atoms with Crippen LogP contribution in [0.4, 0.5) is 0 Å². The van der Waals surface area contributed by atoms with Crippen LogP contribution >= 0.6 is 0 Å². The number of ketones is 1. The number of hydrogen-bond acceptors (Lipinski definition) is 5. The lowest BCUT2D eigenvalue weighted by Crippen LogP contribution is -2.45. The van der Waals surface area contributed by atoms with E-state index in [-0.39, 0.29) is 19.4 Å². The minimum atomic E-state index is 0.0916. The molecule has 0 saturated carbocycles. The van der Waals surface area contributed by atoms with Gasteiger partial charge in [-0.3, -0.25) is 4.79 Å². The minimum absolute atomic E-state index is 0.0916. The van der Waals surface area contributed by atoms with Gasteiger partial charge in [-0.25, -0.2) is 0 Å². The SMILES string of the molecule is C=C(C(=O)CCCCCC)c1c2c3c(ccc2c(C)c2[n+]1CCc1cc4c(cc1-2)OCO4)OCO3. The van der Waals surface area contributed by atoms with Crippen LogP contribution in [0.1, 0.15) is 55.8 Å². The van der Waals surface area contributed by atoms with Crippen LogP contribution in [-0.2, 0) is 17.8 Å². The zero-order valence-corrected chi connectivity index (χ0v) is 20.4. The smallest absolute Gasteiger partial charge is 0.231 e. The molecule has 35 heavy (non-hydrogen) atoms. The van der Waals surface area contributed by atoms with E-state index in [1.807, 2.05) is 6.07 Å². The lowest BCUT2D eigenvalue weighted by Gasteiger charge is -2.22. The number of rotatable bonds is 7. The van der Waals surface area contributed by atoms with Gasteiger partial charge < -0.3 is 18.9 Å². The maximum Gasteiger partial charge on any atom is 0.231 e. The number of aromatic nitrogens is 1. The number of carbonyl (C=O) groups is 1. The van der Waals surface area contributed by atoms with Crippen molar-refractivity contribution in [1.29, 1.82) is 0 Å². The van der Waals surface area contributed by atoms with Crippen LogP contribution in [0.2, 0.25) is 0 Å². The minimum Gasteiger partial charge on any atom is -0.454 e. The molecule has 3 aromatic rings. The maximum absolute atomic E-state index is 13.4. The number of allylic oxidation sites excluding steroid dienone is 1. The van der Waals surface area contributed by atoms with Crippen molar-refractivity contribution in [2.45, 2.75) is 58.9 Å². The van der Waals surface area contributed by atoms with Crippen molar-refractivity contribution in [1.82, 2.24) is 0 Å². The van der Waals surface area contributed by atoms with Gasteiger partial charge in [0.2, 0.25) is 25.0 Å². The van der Waals surface area contributed by atoms with Gasteiger partial charge in [0.15, 0.2) is 35.3 Å². The number of ether oxygens (including phenoxy) is 4. The highest BCUT2D eigenvalue weighted by Crippen LogP contribution is 2.46. The van der Waals surface area contributed by atoms with Crippen LogP contribution in [0.25, 0.3) is 27.6 Å². The second-order valence-electron chi connectivity index (χ2n) is 9.52. The molecule has 3 aliphatic rings. The molecule has 0 N–H and O–H groups in total. The highest BCUT2D eigenvalue weighted by molar-refractivity contribution is 6.22. The molecule has 0 fully saturated rings. The molecular weight excluding hydrogens is 442 g/mol. The summed E-state index contributed by atoms with van der Waals surface area (Å²) in [6.07, 6.45) is 5.55. The van der Waals surface area contributed by atoms with E-state index in [4.69, 9.17) is 18.9 Å². The fourth-order valence-electron chi connectivity index (χ4n) is 5.62. The third-order valence-corrected chi connectivity index (χ3v) is 7.41. The third kappa shape index (κ3) is 3.46. The van der Waals surface area contributed by atoms with Crippen LogP contribution < -0.4 is 23.5 Å². The molecule has 0 bridgehead atoms. The van der Waals surface area contributed by atoms with Gasteiger partial charge >= 0.3 is 0 Å². The number of Topliss-reactive ketones (excluding diaryl/α,β-unsaturated/α-hetero) is 1. The van der Waals surface area contributed by atoms with Gasteiger partial charge in [0.1, 0.15) is 5.39 Å². The largest absolute Gasteiger partial charge is 0.454 e. The van der Waals surface area contributed by atoms with Crippen molar-refractivity contribution >= 4 is 22.1 Å². The van der Waals surface area contributed by atoms with Crippen LogP contribution in [0.15, 0.2) is 30.8 Å². The number of carbonyl (C=O) groups excluding carboxylic acids is 1. The van der Waals surface area contributed by atoms with Crippen LogP contribution in [-0.4, -0.2) is 19.4 Å². The molecule has 6 heteroatoms. The zero-order valence-electron chi connectivity index (χ0n) is 20.4. The Hall–Kier alpha value is -3.54. The molecule has 2 aromatic carbocycles. The maximum atomic E-state index is 13.4. The average molecular weight is 473 g/mol. The quantitative estimate of drug-likeness (QED) is 0.252. The molecule has 0 amide bonds. The lowest BCUT2D eigenvalue weighted by atomic mass is 9.88. The summed E-state index contributed by atoms with van der Waals surface area (Å²) in [5.41, 5.74) is 5.94. The summed E-state index contributed by atoms with van der Waals surface area (Å²) < 4.78 is 25.3. The summed E-state index contributed by atoms with van der Waals surface area (Å²) in [6.45, 7) is 9.81. The van der Waals surface area contributed by atoms with Crippen molar-refractivity contribution < 1.29 is 28.3 Å². The zero-order chi connectivity index (χ0) is 24.1. The Kier molecular flexibility index (Phi) is 5.39. The second-order valence-corrected chi connectivity index (χ2v) is 9.52. The van der Waals surface area contributed by atoms with Crippen molar-refractivity contribution in [3.63, 3.8) is 0 Å². The summed E-state index contributed by atoms with van der Waals surface area (Å²) in [5.74, 6) is 3.06. The molecule has 1 aromatic heterocycles. The molecule has 0 unspecified atom stereocenters. The Morgan fingerprint density at radius 3 is 2.60 bits per heavy atom. The van der Waals surface area contributed by atoms with Crippen LogP contribution in [0.5, 0.6) is 23.0 Å². The Morgan fingerprint density at radius 1 is 1.00 bits per heavy atom. The number of fused-ring (bicyclic) bond motifs is 7. The van der Waals surface area contributed by atoms with Crippen molar-refractivity contribution in [3.8, 4) is 34.3 Å². The monoisotopic (exact) mass is 472 g/mol. The lowest BCUT2D eigenvalue weighted by molar-refractivity contribution is -0.688. The first-order valence-electron chi connectivity index (χ1n) is 12.5. The molecular formula is C29H30NO5+. The number of benzene rings is 2. The number of nitrogens with zero attached hydrogens (tertiary/aromatic N) is 1. The van der Waals surface area contributed by atoms with Crippen LogP contribution in [0.3, 0.4) is 0 Å². The molecule has 0 radical (unpaired) electrons. The highest BCUT2D eigenvalue weighted by Gasteiger charge is 2.37. The summed E-state index contributed by atoms with van der Waals surface area (Å²) in [5, 5.41) is 1.96. The highest BCUT2D eigenvalue weighted by atomic mass is 16.7. The van der Waals surface area contributed by atoms with E-state index in [1.165, 1.54) is 5.56 Å². The molecule has 0 saturated heterocycles. The second kappa shape index (κ2) is 8.59. The van der Waals surface area contributed by atoms with E-state index in [0.717, 1.165) is 83.4 Å². The number of pyridine rings is 1. The topological polar surface area (TPSA) is 57.9 Å². The predicted octanol–water partition coefficient (Wildman–Crippen LogP) is 5.67. The fraction of sp³-hybridized carbons (Fsp3) is 0.379.